The van der Waals surface area contributed by atoms with Gasteiger partial charge in [0, 0.05) is 19.9 Å². The van der Waals surface area contributed by atoms with Crippen LogP contribution >= 0.6 is 7.60 Å². The number of hydrogen-bond acceptors (Lipinski definition) is 4. The first-order chi connectivity index (χ1) is 10.1. The van der Waals surface area contributed by atoms with Crippen molar-refractivity contribution in [1.29, 1.82) is 0 Å². The number of hydrogen-bond donors (Lipinski definition) is 1. The smallest absolute Gasteiger partial charge is 0.356 e. The molecule has 0 amide bonds. The summed E-state index contributed by atoms with van der Waals surface area (Å²) in [5, 5.41) is 3.12. The third-order valence-corrected chi connectivity index (χ3v) is 5.17. The van der Waals surface area contributed by atoms with Crippen molar-refractivity contribution in [2.45, 2.75) is 5.78 Å². The largest absolute Gasteiger partial charge is 0.368 e. The summed E-state index contributed by atoms with van der Waals surface area (Å²) in [6.45, 7) is 0. The molecule has 2 rings (SSSR count). The van der Waals surface area contributed by atoms with E-state index in [1.54, 1.807) is 12.1 Å². The van der Waals surface area contributed by atoms with Gasteiger partial charge in [-0.05, 0) is 29.8 Å². The Hall–Kier alpha value is -1.68. The maximum Gasteiger partial charge on any atom is 0.356 e. The monoisotopic (exact) mass is 309 g/mol. The number of para-hydroxylation sites is 1. The molecular weight excluding hydrogens is 292 g/mol. The lowest BCUT2D eigenvalue weighted by molar-refractivity contribution is 0.268. The number of anilines is 1. The molecule has 0 spiro atoms. The molecule has 1 N–H and O–H groups in total. The highest BCUT2D eigenvalue weighted by atomic mass is 31.2. The van der Waals surface area contributed by atoms with Crippen molar-refractivity contribution in [3.8, 4) is 0 Å². The van der Waals surface area contributed by atoms with Crippen LogP contribution in [0.4, 0.5) is 10.1 Å². The van der Waals surface area contributed by atoms with Gasteiger partial charge in [-0.1, -0.05) is 30.3 Å². The standard InChI is InChI=1S/C15H17FNO3P/c1-19-21(18,20-2)15(12-8-10-13(16)11-9-12)17-14-6-4-3-5-7-14/h3-11,15,17H,1-2H3. The second kappa shape index (κ2) is 6.85. The quantitative estimate of drug-likeness (QED) is 0.802. The van der Waals surface area contributed by atoms with E-state index in [1.807, 2.05) is 30.3 Å². The van der Waals surface area contributed by atoms with Crippen molar-refractivity contribution in [2.24, 2.45) is 0 Å². The van der Waals surface area contributed by atoms with Gasteiger partial charge in [-0.15, -0.1) is 0 Å². The summed E-state index contributed by atoms with van der Waals surface area (Å²) in [5.74, 6) is -1.09. The van der Waals surface area contributed by atoms with E-state index >= 15 is 0 Å². The SMILES string of the molecule is COP(=O)(OC)C(Nc1ccccc1)c1ccc(F)cc1. The highest BCUT2D eigenvalue weighted by Gasteiger charge is 2.35. The first-order valence-electron chi connectivity index (χ1n) is 6.37. The predicted octanol–water partition coefficient (Wildman–Crippen LogP) is 4.42. The van der Waals surface area contributed by atoms with Gasteiger partial charge in [0.15, 0.2) is 5.78 Å². The van der Waals surface area contributed by atoms with Crippen LogP contribution in [-0.2, 0) is 13.6 Å². The van der Waals surface area contributed by atoms with E-state index in [4.69, 9.17) is 9.05 Å². The highest BCUT2D eigenvalue weighted by molar-refractivity contribution is 7.54. The van der Waals surface area contributed by atoms with E-state index in [2.05, 4.69) is 5.32 Å². The third kappa shape index (κ3) is 3.70. The molecule has 2 aromatic carbocycles. The Labute approximate surface area is 123 Å². The summed E-state index contributed by atoms with van der Waals surface area (Å²) < 4.78 is 36.0. The summed E-state index contributed by atoms with van der Waals surface area (Å²) in [7, 11) is -0.774. The Morgan fingerprint density at radius 3 is 2.10 bits per heavy atom. The van der Waals surface area contributed by atoms with Crippen LogP contribution < -0.4 is 5.32 Å². The fourth-order valence-electron chi connectivity index (χ4n) is 1.97. The van der Waals surface area contributed by atoms with Gasteiger partial charge in [0.1, 0.15) is 5.82 Å². The Kier molecular flexibility index (Phi) is 5.12. The summed E-state index contributed by atoms with van der Waals surface area (Å²) in [5.41, 5.74) is 1.38. The minimum Gasteiger partial charge on any atom is -0.368 e. The van der Waals surface area contributed by atoms with Crippen LogP contribution in [0.1, 0.15) is 11.3 Å². The molecule has 0 aromatic heterocycles. The zero-order valence-electron chi connectivity index (χ0n) is 11.8. The molecule has 2 aromatic rings. The minimum absolute atomic E-state index is 0.359. The molecule has 112 valence electrons. The highest BCUT2D eigenvalue weighted by Crippen LogP contribution is 2.59. The summed E-state index contributed by atoms with van der Waals surface area (Å²) in [4.78, 5) is 0. The molecule has 0 fully saturated rings. The normalized spacial score (nSPS) is 12.9. The molecule has 4 nitrogen and oxygen atoms in total. The van der Waals surface area contributed by atoms with E-state index in [9.17, 15) is 8.96 Å². The molecule has 1 unspecified atom stereocenters. The minimum atomic E-state index is -3.43. The lowest BCUT2D eigenvalue weighted by Gasteiger charge is -2.26. The first kappa shape index (κ1) is 15.7. The molecule has 0 aliphatic heterocycles. The maximum absolute atomic E-state index is 13.1. The van der Waals surface area contributed by atoms with Crippen molar-refractivity contribution < 1.29 is 18.0 Å². The molecule has 0 heterocycles. The van der Waals surface area contributed by atoms with Gasteiger partial charge in [-0.25, -0.2) is 4.39 Å². The molecular formula is C15H17FNO3P. The van der Waals surface area contributed by atoms with Gasteiger partial charge in [0.2, 0.25) is 0 Å². The van der Waals surface area contributed by atoms with Gasteiger partial charge in [-0.3, -0.25) is 4.57 Å². The molecule has 1 atom stereocenters. The topological polar surface area (TPSA) is 47.6 Å². The first-order valence-corrected chi connectivity index (χ1v) is 7.98. The zero-order chi connectivity index (χ0) is 15.3. The molecule has 0 saturated carbocycles. The van der Waals surface area contributed by atoms with E-state index < -0.39 is 13.4 Å². The predicted molar refractivity (Wildman–Crippen MR) is 80.8 cm³/mol. The number of benzene rings is 2. The van der Waals surface area contributed by atoms with Crippen LogP contribution in [-0.4, -0.2) is 14.2 Å². The second-order valence-corrected chi connectivity index (χ2v) is 6.70. The molecule has 0 bridgehead atoms. The van der Waals surface area contributed by atoms with Crippen molar-refractivity contribution >= 4 is 13.3 Å². The molecule has 0 aliphatic carbocycles. The van der Waals surface area contributed by atoms with Gasteiger partial charge in [0.05, 0.1) is 0 Å². The van der Waals surface area contributed by atoms with Gasteiger partial charge in [0.25, 0.3) is 0 Å². The van der Waals surface area contributed by atoms with Crippen LogP contribution in [0.15, 0.2) is 54.6 Å². The van der Waals surface area contributed by atoms with Crippen molar-refractivity contribution in [3.05, 3.63) is 66.0 Å². The fourth-order valence-corrected chi connectivity index (χ4v) is 3.38. The average molecular weight is 309 g/mol. The Balaban J connectivity index is 2.39. The van der Waals surface area contributed by atoms with Gasteiger partial charge < -0.3 is 14.4 Å². The van der Waals surface area contributed by atoms with Gasteiger partial charge in [-0.2, -0.15) is 0 Å². The van der Waals surface area contributed by atoms with Gasteiger partial charge >= 0.3 is 7.60 Å². The molecule has 0 saturated heterocycles. The second-order valence-electron chi connectivity index (χ2n) is 4.37. The summed E-state index contributed by atoms with van der Waals surface area (Å²) in [6, 6.07) is 15.0. The van der Waals surface area contributed by atoms with E-state index in [0.29, 0.717) is 5.56 Å². The maximum atomic E-state index is 13.1. The number of rotatable bonds is 6. The Morgan fingerprint density at radius 1 is 1.00 bits per heavy atom. The van der Waals surface area contributed by atoms with Crippen molar-refractivity contribution in [1.82, 2.24) is 0 Å². The number of nitrogens with one attached hydrogen (secondary N) is 1. The third-order valence-electron chi connectivity index (χ3n) is 3.09. The molecule has 6 heteroatoms. The molecule has 0 aliphatic rings. The van der Waals surface area contributed by atoms with Crippen LogP contribution in [0, 0.1) is 5.82 Å². The summed E-state index contributed by atoms with van der Waals surface area (Å²) >= 11 is 0. The Morgan fingerprint density at radius 2 is 1.57 bits per heavy atom. The molecule has 0 radical (unpaired) electrons. The summed E-state index contributed by atoms with van der Waals surface area (Å²) in [6.07, 6.45) is 0. The van der Waals surface area contributed by atoms with Crippen molar-refractivity contribution in [2.75, 3.05) is 19.5 Å². The van der Waals surface area contributed by atoms with Crippen LogP contribution in [0.25, 0.3) is 0 Å². The van der Waals surface area contributed by atoms with Crippen LogP contribution in [0.3, 0.4) is 0 Å². The van der Waals surface area contributed by atoms with Crippen LogP contribution in [0.5, 0.6) is 0 Å². The zero-order valence-corrected chi connectivity index (χ0v) is 12.7. The number of halogens is 1. The lowest BCUT2D eigenvalue weighted by atomic mass is 10.2. The van der Waals surface area contributed by atoms with E-state index in [1.165, 1.54) is 26.4 Å². The van der Waals surface area contributed by atoms with E-state index in [0.717, 1.165) is 5.69 Å². The van der Waals surface area contributed by atoms with Crippen molar-refractivity contribution in [3.63, 3.8) is 0 Å². The Bertz CT molecular complexity index is 611. The fraction of sp³-hybridized carbons (Fsp3) is 0.200. The lowest BCUT2D eigenvalue weighted by Crippen LogP contribution is -2.13. The van der Waals surface area contributed by atoms with E-state index in [-0.39, 0.29) is 5.82 Å². The van der Waals surface area contributed by atoms with Crippen LogP contribution in [0.2, 0.25) is 0 Å². The molecule has 21 heavy (non-hydrogen) atoms. The average Bonchev–Trinajstić information content (AvgIpc) is 2.54.